The van der Waals surface area contributed by atoms with Crippen molar-refractivity contribution in [3.63, 3.8) is 0 Å². The summed E-state index contributed by atoms with van der Waals surface area (Å²) >= 11 is 6.32. The van der Waals surface area contributed by atoms with Gasteiger partial charge in [-0.25, -0.2) is 9.97 Å². The lowest BCUT2D eigenvalue weighted by atomic mass is 10.1. The fraction of sp³-hybridized carbons (Fsp3) is 0.227. The quantitative estimate of drug-likeness (QED) is 0.528. The maximum Gasteiger partial charge on any atom is 0.255 e. The predicted octanol–water partition coefficient (Wildman–Crippen LogP) is 4.94. The number of phenols is 1. The minimum Gasteiger partial charge on any atom is -0.508 e. The number of hydrogen-bond donors (Lipinski definition) is 2. The van der Waals surface area contributed by atoms with Gasteiger partial charge in [-0.2, -0.15) is 0 Å². The van der Waals surface area contributed by atoms with E-state index in [-0.39, 0.29) is 11.7 Å². The molecule has 3 rings (SSSR count). The molecule has 0 aliphatic carbocycles. The highest BCUT2D eigenvalue weighted by Crippen LogP contribution is 2.37. The normalized spacial score (nSPS) is 10.5. The minimum absolute atomic E-state index is 0.127. The molecule has 0 spiro atoms. The van der Waals surface area contributed by atoms with Crippen LogP contribution in [-0.4, -0.2) is 34.2 Å². The van der Waals surface area contributed by atoms with Gasteiger partial charge < -0.3 is 19.9 Å². The number of rotatable bonds is 8. The van der Waals surface area contributed by atoms with Crippen LogP contribution in [0.4, 0.5) is 5.69 Å². The van der Waals surface area contributed by atoms with E-state index in [2.05, 4.69) is 15.3 Å². The third kappa shape index (κ3) is 5.18. The number of ether oxygens (including phenoxy) is 2. The van der Waals surface area contributed by atoms with E-state index in [9.17, 15) is 9.90 Å². The Kier molecular flexibility index (Phi) is 7.08. The second-order valence-electron chi connectivity index (χ2n) is 6.37. The zero-order valence-electron chi connectivity index (χ0n) is 16.7. The first kappa shape index (κ1) is 21.4. The van der Waals surface area contributed by atoms with E-state index in [1.54, 1.807) is 30.3 Å². The number of phenolic OH excluding ortho intramolecular Hbond substituents is 1. The molecule has 0 aliphatic rings. The van der Waals surface area contributed by atoms with E-state index < -0.39 is 0 Å². The Bertz CT molecular complexity index is 1030. The second-order valence-corrected chi connectivity index (χ2v) is 6.77. The smallest absolute Gasteiger partial charge is 0.255 e. The summed E-state index contributed by atoms with van der Waals surface area (Å²) in [7, 11) is 0. The van der Waals surface area contributed by atoms with Gasteiger partial charge in [0, 0.05) is 11.1 Å². The van der Waals surface area contributed by atoms with Crippen molar-refractivity contribution < 1.29 is 19.4 Å². The van der Waals surface area contributed by atoms with Gasteiger partial charge in [0.15, 0.2) is 17.3 Å². The van der Waals surface area contributed by atoms with Crippen LogP contribution < -0.4 is 14.8 Å². The van der Waals surface area contributed by atoms with E-state index in [0.717, 1.165) is 6.42 Å². The number of anilines is 1. The average molecular weight is 428 g/mol. The highest BCUT2D eigenvalue weighted by molar-refractivity contribution is 6.32. The van der Waals surface area contributed by atoms with Crippen LogP contribution in [0.1, 0.15) is 30.6 Å². The Balaban J connectivity index is 1.78. The van der Waals surface area contributed by atoms with Crippen molar-refractivity contribution in [2.45, 2.75) is 20.3 Å². The number of benzene rings is 2. The van der Waals surface area contributed by atoms with Crippen LogP contribution in [0.15, 0.2) is 48.8 Å². The van der Waals surface area contributed by atoms with Gasteiger partial charge in [0.2, 0.25) is 0 Å². The number of nitrogens with one attached hydrogen (secondary N) is 1. The summed E-state index contributed by atoms with van der Waals surface area (Å²) in [6, 6.07) is 9.75. The summed E-state index contributed by atoms with van der Waals surface area (Å²) in [5.74, 6) is 1.02. The van der Waals surface area contributed by atoms with Crippen LogP contribution in [0.25, 0.3) is 11.4 Å². The number of nitrogens with zero attached hydrogens (tertiary/aromatic N) is 2. The maximum atomic E-state index is 12.7. The molecule has 0 fully saturated rings. The van der Waals surface area contributed by atoms with E-state index in [4.69, 9.17) is 21.1 Å². The van der Waals surface area contributed by atoms with E-state index in [1.807, 2.05) is 13.8 Å². The second kappa shape index (κ2) is 9.93. The number of amides is 1. The molecule has 0 aliphatic heterocycles. The Hall–Kier alpha value is -3.32. The van der Waals surface area contributed by atoms with Crippen molar-refractivity contribution in [3.05, 3.63) is 59.4 Å². The topological polar surface area (TPSA) is 93.6 Å². The van der Waals surface area contributed by atoms with Crippen molar-refractivity contribution in [2.75, 3.05) is 18.5 Å². The molecule has 0 radical (unpaired) electrons. The third-order valence-electron chi connectivity index (χ3n) is 4.04. The monoisotopic (exact) mass is 427 g/mol. The fourth-order valence-corrected chi connectivity index (χ4v) is 2.96. The van der Waals surface area contributed by atoms with E-state index in [1.165, 1.54) is 18.5 Å². The number of carbonyl (C=O) groups is 1. The third-order valence-corrected chi connectivity index (χ3v) is 4.32. The molecule has 0 atom stereocenters. The lowest BCUT2D eigenvalue weighted by Crippen LogP contribution is -2.13. The summed E-state index contributed by atoms with van der Waals surface area (Å²) in [4.78, 5) is 21.2. The van der Waals surface area contributed by atoms with Crippen LogP contribution in [0.3, 0.4) is 0 Å². The van der Waals surface area contributed by atoms with Gasteiger partial charge in [-0.1, -0.05) is 30.7 Å². The molecule has 0 saturated heterocycles. The summed E-state index contributed by atoms with van der Waals surface area (Å²) in [6.45, 7) is 4.74. The fourth-order valence-electron chi connectivity index (χ4n) is 2.70. The van der Waals surface area contributed by atoms with Crippen LogP contribution in [0.2, 0.25) is 5.02 Å². The molecular weight excluding hydrogens is 406 g/mol. The Morgan fingerprint density at radius 3 is 2.57 bits per heavy atom. The highest BCUT2D eigenvalue weighted by atomic mass is 35.5. The van der Waals surface area contributed by atoms with Gasteiger partial charge in [-0.15, -0.1) is 0 Å². The molecule has 3 aromatic rings. The SMILES string of the molecule is CCCOc1c(Cl)cc(C(=O)Nc2cnc(-c3cccc(O)c3)nc2)cc1OCC. The number of carbonyl (C=O) groups excluding carboxylic acids is 1. The lowest BCUT2D eigenvalue weighted by Gasteiger charge is -2.15. The molecule has 0 bridgehead atoms. The van der Waals surface area contributed by atoms with Crippen LogP contribution >= 0.6 is 11.6 Å². The first-order chi connectivity index (χ1) is 14.5. The van der Waals surface area contributed by atoms with Crippen LogP contribution in [0, 0.1) is 0 Å². The molecule has 2 N–H and O–H groups in total. The van der Waals surface area contributed by atoms with E-state index in [0.29, 0.717) is 52.4 Å². The Labute approximate surface area is 179 Å². The first-order valence-corrected chi connectivity index (χ1v) is 9.91. The Morgan fingerprint density at radius 2 is 1.90 bits per heavy atom. The number of aromatic hydroxyl groups is 1. The standard InChI is InChI=1S/C22H22ClN3O4/c1-3-8-30-20-18(23)10-15(11-19(20)29-4-2)22(28)26-16-12-24-21(25-13-16)14-6-5-7-17(27)9-14/h5-7,9-13,27H,3-4,8H2,1-2H3,(H,26,28). The van der Waals surface area contributed by atoms with Crippen LogP contribution in [-0.2, 0) is 0 Å². The number of aromatic nitrogens is 2. The van der Waals surface area contributed by atoms with Gasteiger partial charge in [0.25, 0.3) is 5.91 Å². The highest BCUT2D eigenvalue weighted by Gasteiger charge is 2.17. The molecule has 0 saturated carbocycles. The summed E-state index contributed by atoms with van der Waals surface area (Å²) in [6.07, 6.45) is 3.81. The van der Waals surface area contributed by atoms with E-state index >= 15 is 0 Å². The first-order valence-electron chi connectivity index (χ1n) is 9.53. The number of hydrogen-bond acceptors (Lipinski definition) is 6. The van der Waals surface area contributed by atoms with Crippen LogP contribution in [0.5, 0.6) is 17.2 Å². The molecule has 30 heavy (non-hydrogen) atoms. The molecule has 8 heteroatoms. The molecular formula is C22H22ClN3O4. The average Bonchev–Trinajstić information content (AvgIpc) is 2.74. The van der Waals surface area contributed by atoms with Gasteiger partial charge in [-0.3, -0.25) is 4.79 Å². The van der Waals surface area contributed by atoms with Crippen molar-refractivity contribution in [2.24, 2.45) is 0 Å². The summed E-state index contributed by atoms with van der Waals surface area (Å²) in [5, 5.41) is 12.6. The van der Waals surface area contributed by atoms with Crippen molar-refractivity contribution >= 4 is 23.2 Å². The molecule has 1 amide bonds. The maximum absolute atomic E-state index is 12.7. The van der Waals surface area contributed by atoms with Gasteiger partial charge in [0.1, 0.15) is 5.75 Å². The van der Waals surface area contributed by atoms with Gasteiger partial charge >= 0.3 is 0 Å². The molecule has 1 heterocycles. The molecule has 1 aromatic heterocycles. The largest absolute Gasteiger partial charge is 0.508 e. The lowest BCUT2D eigenvalue weighted by molar-refractivity contribution is 0.102. The van der Waals surface area contributed by atoms with Gasteiger partial charge in [0.05, 0.1) is 36.3 Å². The summed E-state index contributed by atoms with van der Waals surface area (Å²) < 4.78 is 11.3. The van der Waals surface area contributed by atoms with Crippen molar-refractivity contribution in [3.8, 4) is 28.6 Å². The summed E-state index contributed by atoms with van der Waals surface area (Å²) in [5.41, 5.74) is 1.41. The molecule has 0 unspecified atom stereocenters. The molecule has 2 aromatic carbocycles. The zero-order chi connectivity index (χ0) is 21.5. The van der Waals surface area contributed by atoms with Gasteiger partial charge in [-0.05, 0) is 37.6 Å². The zero-order valence-corrected chi connectivity index (χ0v) is 17.4. The molecule has 156 valence electrons. The minimum atomic E-state index is -0.381. The Morgan fingerprint density at radius 1 is 1.13 bits per heavy atom. The number of halogens is 1. The van der Waals surface area contributed by atoms with Crippen molar-refractivity contribution in [1.82, 2.24) is 9.97 Å². The predicted molar refractivity (Wildman–Crippen MR) is 115 cm³/mol. The van der Waals surface area contributed by atoms with Crippen molar-refractivity contribution in [1.29, 1.82) is 0 Å². The molecule has 7 nitrogen and oxygen atoms in total.